The molecule has 0 aliphatic rings. The predicted octanol–water partition coefficient (Wildman–Crippen LogP) is 4.94. The Morgan fingerprint density at radius 1 is 1.16 bits per heavy atom. The van der Waals surface area contributed by atoms with Gasteiger partial charge in [0.1, 0.15) is 10.8 Å². The Kier molecular flexibility index (Phi) is 4.53. The van der Waals surface area contributed by atoms with Crippen LogP contribution in [0.4, 0.5) is 0 Å². The minimum atomic E-state index is 0.671. The molecule has 0 saturated carbocycles. The van der Waals surface area contributed by atoms with Crippen molar-refractivity contribution in [3.8, 4) is 10.6 Å². The van der Waals surface area contributed by atoms with Crippen molar-refractivity contribution in [1.82, 2.24) is 20.3 Å². The molecule has 0 atom stereocenters. The van der Waals surface area contributed by atoms with E-state index in [0.29, 0.717) is 11.6 Å². The van der Waals surface area contributed by atoms with Crippen LogP contribution in [0.25, 0.3) is 21.6 Å². The second-order valence-electron chi connectivity index (χ2n) is 5.90. The van der Waals surface area contributed by atoms with Crippen LogP contribution >= 0.6 is 22.9 Å². The molecule has 0 bridgehead atoms. The molecule has 0 spiro atoms. The summed E-state index contributed by atoms with van der Waals surface area (Å²) in [6.45, 7) is 3.55. The predicted molar refractivity (Wildman–Crippen MR) is 104 cm³/mol. The van der Waals surface area contributed by atoms with Gasteiger partial charge in [0.2, 0.25) is 0 Å². The second kappa shape index (κ2) is 6.96. The van der Waals surface area contributed by atoms with E-state index in [4.69, 9.17) is 11.6 Å². The fraction of sp³-hybridized carbons (Fsp3) is 0.158. The molecule has 0 aliphatic heterocycles. The molecule has 0 fully saturated rings. The molecule has 2 aromatic heterocycles. The number of halogens is 1. The molecule has 2 N–H and O–H groups in total. The van der Waals surface area contributed by atoms with Crippen LogP contribution in [0.3, 0.4) is 0 Å². The monoisotopic (exact) mass is 368 g/mol. The SMILES string of the molecule is Cc1ccccc1-c1ncc(CNCc2nc3ccc(Cl)cc3[nH]2)s1. The molecule has 25 heavy (non-hydrogen) atoms. The van der Waals surface area contributed by atoms with Crippen LogP contribution in [0.1, 0.15) is 16.3 Å². The smallest absolute Gasteiger partial charge is 0.123 e. The number of rotatable bonds is 5. The van der Waals surface area contributed by atoms with E-state index in [1.165, 1.54) is 16.0 Å². The molecule has 4 aromatic rings. The standard InChI is InChI=1S/C19H17ClN4S/c1-12-4-2-3-5-15(12)19-22-10-14(25-19)9-21-11-18-23-16-7-6-13(20)8-17(16)24-18/h2-8,10,21H,9,11H2,1H3,(H,23,24). The van der Waals surface area contributed by atoms with Crippen LogP contribution < -0.4 is 5.32 Å². The Labute approximate surface area is 154 Å². The summed E-state index contributed by atoms with van der Waals surface area (Å²) in [5.41, 5.74) is 4.34. The lowest BCUT2D eigenvalue weighted by molar-refractivity contribution is 0.676. The topological polar surface area (TPSA) is 53.6 Å². The molecule has 0 aliphatic carbocycles. The number of thiazole rings is 1. The first-order valence-corrected chi connectivity index (χ1v) is 9.24. The highest BCUT2D eigenvalue weighted by molar-refractivity contribution is 7.15. The number of benzene rings is 2. The van der Waals surface area contributed by atoms with Crippen molar-refractivity contribution in [3.05, 3.63) is 69.9 Å². The minimum absolute atomic E-state index is 0.671. The quantitative estimate of drug-likeness (QED) is 0.524. The Morgan fingerprint density at radius 2 is 2.04 bits per heavy atom. The number of aromatic amines is 1. The van der Waals surface area contributed by atoms with Gasteiger partial charge in [0.05, 0.1) is 17.6 Å². The van der Waals surface area contributed by atoms with Crippen LogP contribution in [-0.4, -0.2) is 15.0 Å². The third-order valence-corrected chi connectivity index (χ3v) is 5.28. The van der Waals surface area contributed by atoms with Crippen LogP contribution in [0.15, 0.2) is 48.7 Å². The van der Waals surface area contributed by atoms with Crippen molar-refractivity contribution in [2.24, 2.45) is 0 Å². The van der Waals surface area contributed by atoms with Gasteiger partial charge in [-0.1, -0.05) is 35.9 Å². The lowest BCUT2D eigenvalue weighted by Crippen LogP contribution is -2.12. The summed E-state index contributed by atoms with van der Waals surface area (Å²) in [6, 6.07) is 14.0. The number of hydrogen-bond acceptors (Lipinski definition) is 4. The summed E-state index contributed by atoms with van der Waals surface area (Å²) in [5, 5.41) is 5.19. The van der Waals surface area contributed by atoms with Crippen molar-refractivity contribution in [1.29, 1.82) is 0 Å². The molecule has 0 unspecified atom stereocenters. The zero-order chi connectivity index (χ0) is 17.2. The van der Waals surface area contributed by atoms with Crippen molar-refractivity contribution >= 4 is 34.0 Å². The number of H-pyrrole nitrogens is 1. The van der Waals surface area contributed by atoms with Gasteiger partial charge in [0.15, 0.2) is 0 Å². The first kappa shape index (κ1) is 16.3. The molecular formula is C19H17ClN4S. The summed E-state index contributed by atoms with van der Waals surface area (Å²) in [7, 11) is 0. The molecule has 2 heterocycles. The zero-order valence-corrected chi connectivity index (χ0v) is 15.3. The highest BCUT2D eigenvalue weighted by Gasteiger charge is 2.07. The number of nitrogens with zero attached hydrogens (tertiary/aromatic N) is 2. The number of imidazole rings is 1. The van der Waals surface area contributed by atoms with E-state index >= 15 is 0 Å². The maximum Gasteiger partial charge on any atom is 0.123 e. The van der Waals surface area contributed by atoms with Gasteiger partial charge in [-0.25, -0.2) is 9.97 Å². The first-order chi connectivity index (χ1) is 12.2. The number of nitrogens with one attached hydrogen (secondary N) is 2. The number of aryl methyl sites for hydroxylation is 1. The third-order valence-electron chi connectivity index (χ3n) is 4.01. The lowest BCUT2D eigenvalue weighted by Gasteiger charge is -2.01. The van der Waals surface area contributed by atoms with E-state index in [1.807, 2.05) is 24.4 Å². The average molecular weight is 369 g/mol. The maximum atomic E-state index is 6.01. The van der Waals surface area contributed by atoms with Crippen LogP contribution in [0, 0.1) is 6.92 Å². The van der Waals surface area contributed by atoms with E-state index in [1.54, 1.807) is 11.3 Å². The summed E-state index contributed by atoms with van der Waals surface area (Å²) in [5.74, 6) is 0.904. The molecule has 2 aromatic carbocycles. The Balaban J connectivity index is 1.41. The zero-order valence-electron chi connectivity index (χ0n) is 13.7. The van der Waals surface area contributed by atoms with Gasteiger partial charge in [0.25, 0.3) is 0 Å². The van der Waals surface area contributed by atoms with Gasteiger partial charge in [-0.15, -0.1) is 11.3 Å². The molecular weight excluding hydrogens is 352 g/mol. The molecule has 0 radical (unpaired) electrons. The molecule has 6 heteroatoms. The highest BCUT2D eigenvalue weighted by Crippen LogP contribution is 2.27. The van der Waals surface area contributed by atoms with Crippen molar-refractivity contribution in [2.45, 2.75) is 20.0 Å². The highest BCUT2D eigenvalue weighted by atomic mass is 35.5. The lowest BCUT2D eigenvalue weighted by atomic mass is 10.1. The summed E-state index contributed by atoms with van der Waals surface area (Å²) >= 11 is 7.73. The molecule has 0 amide bonds. The van der Waals surface area contributed by atoms with Gasteiger partial charge in [0, 0.05) is 28.2 Å². The normalized spacial score (nSPS) is 11.3. The van der Waals surface area contributed by atoms with E-state index in [2.05, 4.69) is 51.5 Å². The summed E-state index contributed by atoms with van der Waals surface area (Å²) < 4.78 is 0. The Morgan fingerprint density at radius 3 is 2.92 bits per heavy atom. The van der Waals surface area contributed by atoms with Gasteiger partial charge in [-0.05, 0) is 30.7 Å². The maximum absolute atomic E-state index is 6.01. The number of aromatic nitrogens is 3. The summed E-state index contributed by atoms with van der Waals surface area (Å²) in [4.78, 5) is 13.6. The van der Waals surface area contributed by atoms with Gasteiger partial charge in [-0.2, -0.15) is 0 Å². The minimum Gasteiger partial charge on any atom is -0.341 e. The molecule has 4 rings (SSSR count). The van der Waals surface area contributed by atoms with Gasteiger partial charge in [-0.3, -0.25) is 0 Å². The van der Waals surface area contributed by atoms with Crippen molar-refractivity contribution in [2.75, 3.05) is 0 Å². The van der Waals surface area contributed by atoms with Crippen LogP contribution in [0.5, 0.6) is 0 Å². The molecule has 4 nitrogen and oxygen atoms in total. The third kappa shape index (κ3) is 3.58. The fourth-order valence-electron chi connectivity index (χ4n) is 2.75. The van der Waals surface area contributed by atoms with Crippen molar-refractivity contribution in [3.63, 3.8) is 0 Å². The van der Waals surface area contributed by atoms with Crippen LogP contribution in [0.2, 0.25) is 5.02 Å². The second-order valence-corrected chi connectivity index (χ2v) is 7.45. The van der Waals surface area contributed by atoms with E-state index in [0.717, 1.165) is 28.4 Å². The number of fused-ring (bicyclic) bond motifs is 1. The first-order valence-electron chi connectivity index (χ1n) is 8.04. The van der Waals surface area contributed by atoms with Gasteiger partial charge >= 0.3 is 0 Å². The van der Waals surface area contributed by atoms with E-state index in [9.17, 15) is 0 Å². The summed E-state index contributed by atoms with van der Waals surface area (Å²) in [6.07, 6.45) is 1.94. The van der Waals surface area contributed by atoms with Gasteiger partial charge < -0.3 is 10.3 Å². The molecule has 126 valence electrons. The van der Waals surface area contributed by atoms with Crippen molar-refractivity contribution < 1.29 is 0 Å². The Hall–Kier alpha value is -2.21. The van der Waals surface area contributed by atoms with E-state index in [-0.39, 0.29) is 0 Å². The Bertz CT molecular complexity index is 1020. The molecule has 0 saturated heterocycles. The fourth-order valence-corrected chi connectivity index (χ4v) is 3.89. The van der Waals surface area contributed by atoms with E-state index < -0.39 is 0 Å². The average Bonchev–Trinajstić information content (AvgIpc) is 3.21. The largest absolute Gasteiger partial charge is 0.341 e. The van der Waals surface area contributed by atoms with Crippen LogP contribution in [-0.2, 0) is 13.1 Å². The number of hydrogen-bond donors (Lipinski definition) is 2.